The van der Waals surface area contributed by atoms with Crippen LogP contribution in [0.4, 0.5) is 0 Å². The van der Waals surface area contributed by atoms with Crippen LogP contribution in [0.25, 0.3) is 0 Å². The molecule has 0 unspecified atom stereocenters. The van der Waals surface area contributed by atoms with Crippen LogP contribution in [0.15, 0.2) is 58.9 Å². The second-order valence-electron chi connectivity index (χ2n) is 6.09. The van der Waals surface area contributed by atoms with Crippen LogP contribution in [0.3, 0.4) is 0 Å². The third-order valence-electron chi connectivity index (χ3n) is 4.27. The Kier molecular flexibility index (Phi) is 4.40. The lowest BCUT2D eigenvalue weighted by molar-refractivity contribution is -0.118. The van der Waals surface area contributed by atoms with Crippen molar-refractivity contribution in [2.75, 3.05) is 12.3 Å². The van der Waals surface area contributed by atoms with E-state index in [1.54, 1.807) is 0 Å². The molecule has 0 saturated carbocycles. The van der Waals surface area contributed by atoms with E-state index in [0.717, 1.165) is 35.0 Å². The van der Waals surface area contributed by atoms with Gasteiger partial charge < -0.3 is 14.8 Å². The molecule has 1 N–H and O–H groups in total. The fraction of sp³-hybridized carbons (Fsp3) is 0.250. The van der Waals surface area contributed by atoms with Gasteiger partial charge in [-0.3, -0.25) is 4.79 Å². The summed E-state index contributed by atoms with van der Waals surface area (Å²) in [4.78, 5) is 12.6. The summed E-state index contributed by atoms with van der Waals surface area (Å²) in [7, 11) is 0. The van der Waals surface area contributed by atoms with Crippen molar-refractivity contribution in [2.24, 2.45) is 0 Å². The van der Waals surface area contributed by atoms with Crippen molar-refractivity contribution >= 4 is 17.7 Å². The Morgan fingerprint density at radius 3 is 2.76 bits per heavy atom. The number of ether oxygens (including phenoxy) is 2. The lowest BCUT2D eigenvalue weighted by Gasteiger charge is -2.25. The Balaban J connectivity index is 1.67. The van der Waals surface area contributed by atoms with Gasteiger partial charge in [-0.05, 0) is 24.1 Å². The second-order valence-corrected chi connectivity index (χ2v) is 7.23. The van der Waals surface area contributed by atoms with Crippen LogP contribution >= 0.6 is 11.8 Å². The van der Waals surface area contributed by atoms with Crippen molar-refractivity contribution in [2.45, 2.75) is 24.7 Å². The van der Waals surface area contributed by atoms with Crippen molar-refractivity contribution in [1.82, 2.24) is 5.32 Å². The molecule has 0 aliphatic carbocycles. The number of allylic oxidation sites excluding steroid dienone is 1. The highest BCUT2D eigenvalue weighted by Gasteiger charge is 2.28. The van der Waals surface area contributed by atoms with E-state index < -0.39 is 0 Å². The van der Waals surface area contributed by atoms with Gasteiger partial charge in [0.15, 0.2) is 17.3 Å². The van der Waals surface area contributed by atoms with Crippen molar-refractivity contribution in [3.63, 3.8) is 0 Å². The number of fused-ring (bicyclic) bond motifs is 3. The summed E-state index contributed by atoms with van der Waals surface area (Å²) in [6.45, 7) is 1.83. The van der Waals surface area contributed by atoms with Gasteiger partial charge >= 0.3 is 0 Å². The second kappa shape index (κ2) is 6.84. The Bertz CT molecular complexity index is 846. The molecule has 2 aliphatic rings. The van der Waals surface area contributed by atoms with E-state index in [2.05, 4.69) is 23.5 Å². The summed E-state index contributed by atoms with van der Waals surface area (Å²) in [5.41, 5.74) is 2.35. The third kappa shape index (κ3) is 3.37. The van der Waals surface area contributed by atoms with Gasteiger partial charge in [0, 0.05) is 29.6 Å². The van der Waals surface area contributed by atoms with Gasteiger partial charge in [-0.1, -0.05) is 30.3 Å². The first-order valence-electron chi connectivity index (χ1n) is 8.35. The standard InChI is InChI=1S/C20H19NO3S/c1-13(22)21-12-18-17(11-14-5-3-2-4-6-14)23-16-7-8-19-15(9-10-25-19)20(16)24-18/h2-8H,9-12H2,1H3,(H,21,22). The smallest absolute Gasteiger partial charge is 0.217 e. The van der Waals surface area contributed by atoms with Gasteiger partial charge in [0.1, 0.15) is 5.76 Å². The predicted molar refractivity (Wildman–Crippen MR) is 98.0 cm³/mol. The monoisotopic (exact) mass is 353 g/mol. The van der Waals surface area contributed by atoms with Crippen LogP contribution in [0, 0.1) is 0 Å². The number of hydrogen-bond acceptors (Lipinski definition) is 4. The van der Waals surface area contributed by atoms with Crippen LogP contribution < -0.4 is 14.8 Å². The summed E-state index contributed by atoms with van der Waals surface area (Å²) in [6.07, 6.45) is 1.61. The van der Waals surface area contributed by atoms with Gasteiger partial charge in [0.2, 0.25) is 5.91 Å². The third-order valence-corrected chi connectivity index (χ3v) is 5.37. The molecule has 4 rings (SSSR count). The fourth-order valence-electron chi connectivity index (χ4n) is 3.04. The van der Waals surface area contributed by atoms with E-state index in [-0.39, 0.29) is 5.91 Å². The first-order valence-corrected chi connectivity index (χ1v) is 9.34. The molecular weight excluding hydrogens is 334 g/mol. The number of hydrogen-bond donors (Lipinski definition) is 1. The van der Waals surface area contributed by atoms with Crippen LogP contribution in [-0.4, -0.2) is 18.2 Å². The Hall–Kier alpha value is -2.40. The van der Waals surface area contributed by atoms with Gasteiger partial charge in [0.05, 0.1) is 6.54 Å². The molecule has 2 heterocycles. The van der Waals surface area contributed by atoms with Crippen molar-refractivity contribution < 1.29 is 14.3 Å². The van der Waals surface area contributed by atoms with Crippen LogP contribution in [0.1, 0.15) is 18.1 Å². The molecule has 0 saturated heterocycles. The number of carbonyl (C=O) groups excluding carboxylic acids is 1. The van der Waals surface area contributed by atoms with E-state index in [1.807, 2.05) is 36.0 Å². The Labute approximate surface area is 151 Å². The molecule has 0 atom stereocenters. The zero-order valence-electron chi connectivity index (χ0n) is 14.0. The summed E-state index contributed by atoms with van der Waals surface area (Å²) < 4.78 is 12.4. The SMILES string of the molecule is CC(=O)NCC1=C(Cc2ccccc2)Oc2ccc3c(c2O1)CCS3. The van der Waals surface area contributed by atoms with Gasteiger partial charge in [-0.2, -0.15) is 0 Å². The Morgan fingerprint density at radius 1 is 1.12 bits per heavy atom. The number of amides is 1. The molecule has 4 nitrogen and oxygen atoms in total. The summed E-state index contributed by atoms with van der Waals surface area (Å²) in [6, 6.07) is 14.2. The number of rotatable bonds is 4. The van der Waals surface area contributed by atoms with Gasteiger partial charge in [-0.25, -0.2) is 0 Å². The molecule has 0 radical (unpaired) electrons. The molecular formula is C20H19NO3S. The highest BCUT2D eigenvalue weighted by Crippen LogP contribution is 2.46. The summed E-state index contributed by atoms with van der Waals surface area (Å²) in [5.74, 6) is 3.97. The number of nitrogens with one attached hydrogen (secondary N) is 1. The zero-order valence-corrected chi connectivity index (χ0v) is 14.8. The molecule has 2 aromatic rings. The minimum atomic E-state index is -0.0881. The quantitative estimate of drug-likeness (QED) is 0.911. The molecule has 0 spiro atoms. The molecule has 2 aromatic carbocycles. The highest BCUT2D eigenvalue weighted by molar-refractivity contribution is 7.99. The van der Waals surface area contributed by atoms with Crippen molar-refractivity contribution in [3.8, 4) is 11.5 Å². The zero-order chi connectivity index (χ0) is 17.2. The fourth-order valence-corrected chi connectivity index (χ4v) is 4.10. The first kappa shape index (κ1) is 16.1. The van der Waals surface area contributed by atoms with E-state index in [1.165, 1.54) is 17.4 Å². The van der Waals surface area contributed by atoms with Gasteiger partial charge in [0.25, 0.3) is 0 Å². The lowest BCUT2D eigenvalue weighted by Crippen LogP contribution is -2.28. The average molecular weight is 353 g/mol. The minimum Gasteiger partial charge on any atom is -0.454 e. The van der Waals surface area contributed by atoms with E-state index in [4.69, 9.17) is 9.47 Å². The number of thioether (sulfide) groups is 1. The van der Waals surface area contributed by atoms with E-state index >= 15 is 0 Å². The number of carbonyl (C=O) groups is 1. The average Bonchev–Trinajstić information content (AvgIpc) is 3.10. The van der Waals surface area contributed by atoms with Crippen molar-refractivity contribution in [3.05, 3.63) is 65.1 Å². The molecule has 0 fully saturated rings. The molecule has 1 amide bonds. The van der Waals surface area contributed by atoms with Crippen LogP contribution in [0.5, 0.6) is 11.5 Å². The summed E-state index contributed by atoms with van der Waals surface area (Å²) in [5, 5.41) is 2.82. The van der Waals surface area contributed by atoms with Crippen LogP contribution in [0.2, 0.25) is 0 Å². The van der Waals surface area contributed by atoms with Gasteiger partial charge in [-0.15, -0.1) is 11.8 Å². The molecule has 128 valence electrons. The largest absolute Gasteiger partial charge is 0.454 e. The van der Waals surface area contributed by atoms with Crippen molar-refractivity contribution in [1.29, 1.82) is 0 Å². The Morgan fingerprint density at radius 2 is 1.96 bits per heavy atom. The first-order chi connectivity index (χ1) is 12.2. The number of benzene rings is 2. The maximum absolute atomic E-state index is 11.4. The van der Waals surface area contributed by atoms with E-state index in [0.29, 0.717) is 18.7 Å². The summed E-state index contributed by atoms with van der Waals surface area (Å²) >= 11 is 1.84. The molecule has 2 aliphatic heterocycles. The molecule has 25 heavy (non-hydrogen) atoms. The topological polar surface area (TPSA) is 47.6 Å². The molecule has 0 aromatic heterocycles. The minimum absolute atomic E-state index is 0.0881. The maximum Gasteiger partial charge on any atom is 0.217 e. The molecule has 0 bridgehead atoms. The van der Waals surface area contributed by atoms with Crippen LogP contribution in [-0.2, 0) is 17.6 Å². The predicted octanol–water partition coefficient (Wildman–Crippen LogP) is 3.70. The normalized spacial score (nSPS) is 15.1. The maximum atomic E-state index is 11.4. The van der Waals surface area contributed by atoms with E-state index in [9.17, 15) is 4.79 Å². The lowest BCUT2D eigenvalue weighted by atomic mass is 10.1. The highest BCUT2D eigenvalue weighted by atomic mass is 32.2. The molecule has 5 heteroatoms.